The Morgan fingerprint density at radius 1 is 1.30 bits per heavy atom. The van der Waals surface area contributed by atoms with Crippen LogP contribution in [0.5, 0.6) is 0 Å². The first-order valence-corrected chi connectivity index (χ1v) is 8.82. The normalized spacial score (nSPS) is 15.4. The van der Waals surface area contributed by atoms with Crippen LogP contribution in [0.1, 0.15) is 41.3 Å². The third-order valence-corrected chi connectivity index (χ3v) is 4.54. The van der Waals surface area contributed by atoms with Crippen molar-refractivity contribution in [3.8, 4) is 0 Å². The molecule has 0 spiro atoms. The number of hydrogen-bond donors (Lipinski definition) is 2. The summed E-state index contributed by atoms with van der Waals surface area (Å²) in [7, 11) is 3.50. The summed E-state index contributed by atoms with van der Waals surface area (Å²) in [5.74, 6) is 0.219. The Kier molecular flexibility index (Phi) is 7.06. The molecule has 0 saturated heterocycles. The zero-order chi connectivity index (χ0) is 19.8. The maximum Gasteiger partial charge on any atom is 0.184 e. The predicted octanol–water partition coefficient (Wildman–Crippen LogP) is 3.77. The van der Waals surface area contributed by atoms with E-state index in [1.165, 1.54) is 13.3 Å². The van der Waals surface area contributed by atoms with Crippen molar-refractivity contribution in [1.82, 2.24) is 4.90 Å². The molecule has 0 saturated carbocycles. The molecule has 5 nitrogen and oxygen atoms in total. The van der Waals surface area contributed by atoms with Gasteiger partial charge in [-0.15, -0.1) is 0 Å². The first-order chi connectivity index (χ1) is 13.0. The third-order valence-electron chi connectivity index (χ3n) is 4.54. The molecule has 27 heavy (non-hydrogen) atoms. The fourth-order valence-corrected chi connectivity index (χ4v) is 2.89. The minimum atomic E-state index is 0.219. The highest BCUT2D eigenvalue weighted by Gasteiger charge is 2.12. The molecule has 1 aliphatic rings. The molecule has 0 fully saturated rings. The Hall–Kier alpha value is -3.21. The van der Waals surface area contributed by atoms with Crippen LogP contribution < -0.4 is 11.5 Å². The van der Waals surface area contributed by atoms with E-state index in [9.17, 15) is 4.79 Å². The molecule has 0 radical (unpaired) electrons. The van der Waals surface area contributed by atoms with E-state index in [-0.39, 0.29) is 5.88 Å². The van der Waals surface area contributed by atoms with Crippen LogP contribution in [0.2, 0.25) is 0 Å². The lowest BCUT2D eigenvalue weighted by molar-refractivity contribution is 0.112. The molecule has 2 rings (SSSR count). The lowest BCUT2D eigenvalue weighted by Gasteiger charge is -2.23. The standard InChI is InChI=1S/C22H27N3O2/c1-16(25(2)19-9-5-4-6-10-19)12-17-8-7-11-20(21(17)15-26)18(14-23)13-22(24)27-3/h5,7-15H,4,6,23-24H2,1-3H3/b16-12-,18-14+,22-13+. The van der Waals surface area contributed by atoms with Crippen molar-refractivity contribution in [2.24, 2.45) is 11.5 Å². The van der Waals surface area contributed by atoms with Crippen LogP contribution in [0.15, 0.2) is 66.0 Å². The fraction of sp³-hybridized carbons (Fsp3) is 0.227. The summed E-state index contributed by atoms with van der Waals surface area (Å²) in [6.07, 6.45) is 14.5. The largest absolute Gasteiger partial charge is 0.483 e. The molecule has 1 aromatic rings. The molecule has 0 heterocycles. The van der Waals surface area contributed by atoms with Crippen molar-refractivity contribution in [2.45, 2.75) is 19.8 Å². The number of likely N-dealkylation sites (N-methyl/N-ethyl adjacent to an activating group) is 1. The molecular formula is C22H27N3O2. The molecule has 5 heteroatoms. The van der Waals surface area contributed by atoms with Crippen molar-refractivity contribution < 1.29 is 9.53 Å². The van der Waals surface area contributed by atoms with Crippen LogP contribution in [0.3, 0.4) is 0 Å². The number of carbonyl (C=O) groups excluding carboxylic acids is 1. The lowest BCUT2D eigenvalue weighted by Crippen LogP contribution is -2.15. The Bertz CT molecular complexity index is 845. The Labute approximate surface area is 161 Å². The Morgan fingerprint density at radius 3 is 2.67 bits per heavy atom. The topological polar surface area (TPSA) is 81.6 Å². The smallest absolute Gasteiger partial charge is 0.184 e. The zero-order valence-corrected chi connectivity index (χ0v) is 16.1. The Morgan fingerprint density at radius 2 is 2.07 bits per heavy atom. The highest BCUT2D eigenvalue weighted by atomic mass is 16.5. The van der Waals surface area contributed by atoms with Crippen LogP contribution in [0.25, 0.3) is 11.6 Å². The molecule has 1 aliphatic carbocycles. The maximum absolute atomic E-state index is 11.9. The van der Waals surface area contributed by atoms with Gasteiger partial charge in [0, 0.05) is 41.9 Å². The molecule has 0 unspecified atom stereocenters. The van der Waals surface area contributed by atoms with E-state index >= 15 is 0 Å². The van der Waals surface area contributed by atoms with Crippen LogP contribution >= 0.6 is 0 Å². The van der Waals surface area contributed by atoms with Gasteiger partial charge in [-0.1, -0.05) is 30.4 Å². The summed E-state index contributed by atoms with van der Waals surface area (Å²) in [6.45, 7) is 2.02. The maximum atomic E-state index is 11.9. The van der Waals surface area contributed by atoms with Gasteiger partial charge in [-0.05, 0) is 43.0 Å². The number of carbonyl (C=O) groups is 1. The second-order valence-electron chi connectivity index (χ2n) is 6.25. The van der Waals surface area contributed by atoms with Gasteiger partial charge in [-0.2, -0.15) is 0 Å². The van der Waals surface area contributed by atoms with E-state index in [0.717, 1.165) is 36.1 Å². The average Bonchev–Trinajstić information content (AvgIpc) is 2.71. The van der Waals surface area contributed by atoms with Gasteiger partial charge in [0.1, 0.15) is 0 Å². The molecule has 1 aromatic carbocycles. The summed E-state index contributed by atoms with van der Waals surface area (Å²) in [6, 6.07) is 5.64. The molecule has 0 aliphatic heterocycles. The van der Waals surface area contributed by atoms with Gasteiger partial charge in [0.15, 0.2) is 12.2 Å². The van der Waals surface area contributed by atoms with Crippen LogP contribution in [0.4, 0.5) is 0 Å². The van der Waals surface area contributed by atoms with E-state index in [2.05, 4.69) is 23.1 Å². The molecule has 142 valence electrons. The van der Waals surface area contributed by atoms with Crippen LogP contribution in [-0.4, -0.2) is 25.3 Å². The summed E-state index contributed by atoms with van der Waals surface area (Å²) >= 11 is 0. The first-order valence-electron chi connectivity index (χ1n) is 8.82. The second-order valence-corrected chi connectivity index (χ2v) is 6.25. The van der Waals surface area contributed by atoms with Gasteiger partial charge in [-0.3, -0.25) is 4.79 Å². The lowest BCUT2D eigenvalue weighted by atomic mass is 9.95. The number of aldehydes is 1. The van der Waals surface area contributed by atoms with E-state index in [4.69, 9.17) is 16.2 Å². The minimum Gasteiger partial charge on any atom is -0.483 e. The first kappa shape index (κ1) is 20.1. The Balaban J connectivity index is 2.45. The third kappa shape index (κ3) is 4.91. The zero-order valence-electron chi connectivity index (χ0n) is 16.1. The monoisotopic (exact) mass is 365 g/mol. The second kappa shape index (κ2) is 9.48. The molecular weight excluding hydrogens is 338 g/mol. The number of ether oxygens (including phenoxy) is 1. The summed E-state index contributed by atoms with van der Waals surface area (Å²) in [5, 5.41) is 0. The van der Waals surface area contributed by atoms with Crippen molar-refractivity contribution in [3.05, 3.63) is 82.7 Å². The van der Waals surface area contributed by atoms with Gasteiger partial charge >= 0.3 is 0 Å². The highest BCUT2D eigenvalue weighted by molar-refractivity contribution is 5.92. The van der Waals surface area contributed by atoms with Crippen molar-refractivity contribution >= 4 is 17.9 Å². The molecule has 0 aromatic heterocycles. The van der Waals surface area contributed by atoms with E-state index in [0.29, 0.717) is 16.7 Å². The number of rotatable bonds is 7. The average molecular weight is 365 g/mol. The summed E-state index contributed by atoms with van der Waals surface area (Å²) < 4.78 is 4.99. The van der Waals surface area contributed by atoms with Crippen LogP contribution in [-0.2, 0) is 4.74 Å². The number of benzene rings is 1. The summed E-state index contributed by atoms with van der Waals surface area (Å²) in [4.78, 5) is 14.0. The van der Waals surface area contributed by atoms with Crippen LogP contribution in [0, 0.1) is 0 Å². The van der Waals surface area contributed by atoms with Gasteiger partial charge < -0.3 is 21.1 Å². The van der Waals surface area contributed by atoms with Crippen molar-refractivity contribution in [1.29, 1.82) is 0 Å². The van der Waals surface area contributed by atoms with Crippen molar-refractivity contribution in [3.63, 3.8) is 0 Å². The van der Waals surface area contributed by atoms with Gasteiger partial charge in [-0.25, -0.2) is 0 Å². The fourth-order valence-electron chi connectivity index (χ4n) is 2.89. The summed E-state index contributed by atoms with van der Waals surface area (Å²) in [5.41, 5.74) is 16.4. The van der Waals surface area contributed by atoms with E-state index < -0.39 is 0 Å². The van der Waals surface area contributed by atoms with Gasteiger partial charge in [0.05, 0.1) is 7.11 Å². The molecule has 0 bridgehead atoms. The highest BCUT2D eigenvalue weighted by Crippen LogP contribution is 2.25. The molecule has 0 atom stereocenters. The number of allylic oxidation sites excluding steroid dienone is 6. The van der Waals surface area contributed by atoms with E-state index in [1.54, 1.807) is 6.08 Å². The quantitative estimate of drug-likeness (QED) is 0.437. The number of nitrogens with zero attached hydrogens (tertiary/aromatic N) is 1. The predicted molar refractivity (Wildman–Crippen MR) is 111 cm³/mol. The SMILES string of the molecule is CO/C(N)=C/C(=C\N)c1cccc(/C=C(/C)N(C)C2=CCCC=C2)c1C=O. The molecule has 4 N–H and O–H groups in total. The minimum absolute atomic E-state index is 0.219. The van der Waals surface area contributed by atoms with Crippen molar-refractivity contribution in [2.75, 3.05) is 14.2 Å². The number of hydrogen-bond acceptors (Lipinski definition) is 5. The number of nitrogens with two attached hydrogens (primary N) is 2. The molecule has 0 amide bonds. The number of methoxy groups -OCH3 is 1. The van der Waals surface area contributed by atoms with Gasteiger partial charge in [0.25, 0.3) is 0 Å². The van der Waals surface area contributed by atoms with Gasteiger partial charge in [0.2, 0.25) is 0 Å². The van der Waals surface area contributed by atoms with E-state index in [1.807, 2.05) is 38.2 Å².